The summed E-state index contributed by atoms with van der Waals surface area (Å²) in [6, 6.07) is -1.15. The Labute approximate surface area is 164 Å². The maximum absolute atomic E-state index is 12.6. The zero-order chi connectivity index (χ0) is 20.1. The lowest BCUT2D eigenvalue weighted by atomic mass is 9.87. The van der Waals surface area contributed by atoms with Crippen LogP contribution in [-0.2, 0) is 27.3 Å². The van der Waals surface area contributed by atoms with Gasteiger partial charge in [0.05, 0.1) is 18.8 Å². The lowest BCUT2D eigenvalue weighted by Crippen LogP contribution is -2.45. The maximum atomic E-state index is 12.6. The zero-order valence-corrected chi connectivity index (χ0v) is 16.4. The number of rotatable bonds is 8. The van der Waals surface area contributed by atoms with Gasteiger partial charge >= 0.3 is 6.03 Å². The van der Waals surface area contributed by atoms with E-state index in [-0.39, 0.29) is 24.9 Å². The quantitative estimate of drug-likeness (QED) is 0.605. The number of hydrogen-bond donors (Lipinski definition) is 2. The molecule has 1 aliphatic carbocycles. The molecule has 0 aromatic carbocycles. The first kappa shape index (κ1) is 20.2. The number of hydrogen-bond acceptors (Lipinski definition) is 6. The molecule has 10 nitrogen and oxygen atoms in total. The summed E-state index contributed by atoms with van der Waals surface area (Å²) in [5.74, 6) is -0.0228. The van der Waals surface area contributed by atoms with Gasteiger partial charge in [-0.05, 0) is 31.6 Å². The van der Waals surface area contributed by atoms with Gasteiger partial charge in [0, 0.05) is 25.8 Å². The van der Waals surface area contributed by atoms with Gasteiger partial charge in [0.1, 0.15) is 12.6 Å². The van der Waals surface area contributed by atoms with Crippen LogP contribution in [0.2, 0.25) is 0 Å². The molecule has 0 radical (unpaired) electrons. The molecular weight excluding hydrogens is 364 g/mol. The topological polar surface area (TPSA) is 118 Å². The van der Waals surface area contributed by atoms with E-state index in [0.717, 1.165) is 30.6 Å². The Morgan fingerprint density at radius 1 is 1.32 bits per heavy atom. The van der Waals surface area contributed by atoms with Crippen LogP contribution in [0.15, 0.2) is 6.20 Å². The van der Waals surface area contributed by atoms with E-state index in [9.17, 15) is 14.4 Å². The Morgan fingerprint density at radius 3 is 2.79 bits per heavy atom. The third kappa shape index (κ3) is 5.06. The van der Waals surface area contributed by atoms with Gasteiger partial charge in [-0.2, -0.15) is 0 Å². The molecule has 3 rings (SSSR count). The SMILES string of the molecule is COCCn1cc(C[C@@H]2NC(=O)N(CC(=O)NC3CCC(C)CC3)C2=O)nn1. The van der Waals surface area contributed by atoms with Crippen LogP contribution in [-0.4, -0.2) is 70.1 Å². The highest BCUT2D eigenvalue weighted by Gasteiger charge is 2.39. The number of amides is 4. The van der Waals surface area contributed by atoms with Gasteiger partial charge in [-0.15, -0.1) is 5.10 Å². The molecule has 0 spiro atoms. The van der Waals surface area contributed by atoms with Gasteiger partial charge in [-0.25, -0.2) is 9.48 Å². The maximum Gasteiger partial charge on any atom is 0.325 e. The van der Waals surface area contributed by atoms with E-state index >= 15 is 0 Å². The van der Waals surface area contributed by atoms with E-state index in [1.54, 1.807) is 18.0 Å². The van der Waals surface area contributed by atoms with Crippen molar-refractivity contribution in [2.75, 3.05) is 20.3 Å². The second-order valence-corrected chi connectivity index (χ2v) is 7.62. The Balaban J connectivity index is 1.50. The van der Waals surface area contributed by atoms with E-state index < -0.39 is 18.0 Å². The average Bonchev–Trinajstić information content (AvgIpc) is 3.22. The van der Waals surface area contributed by atoms with Gasteiger partial charge < -0.3 is 15.4 Å². The molecule has 28 heavy (non-hydrogen) atoms. The number of aromatic nitrogens is 3. The van der Waals surface area contributed by atoms with Crippen molar-refractivity contribution in [3.63, 3.8) is 0 Å². The smallest absolute Gasteiger partial charge is 0.325 e. The molecule has 0 bridgehead atoms. The van der Waals surface area contributed by atoms with Gasteiger partial charge in [0.2, 0.25) is 5.91 Å². The summed E-state index contributed by atoms with van der Waals surface area (Å²) in [4.78, 5) is 38.0. The summed E-state index contributed by atoms with van der Waals surface area (Å²) in [6.07, 6.45) is 6.00. The van der Waals surface area contributed by atoms with Crippen molar-refractivity contribution in [1.82, 2.24) is 30.5 Å². The van der Waals surface area contributed by atoms with Crippen LogP contribution in [0.3, 0.4) is 0 Å². The molecule has 1 aliphatic heterocycles. The van der Waals surface area contributed by atoms with E-state index in [1.165, 1.54) is 0 Å². The minimum atomic E-state index is -0.733. The molecular formula is C18H28N6O4. The second kappa shape index (κ2) is 9.13. The Bertz CT molecular complexity index is 713. The summed E-state index contributed by atoms with van der Waals surface area (Å²) in [5.41, 5.74) is 0.595. The van der Waals surface area contributed by atoms with Crippen molar-refractivity contribution in [3.8, 4) is 0 Å². The van der Waals surface area contributed by atoms with E-state index in [0.29, 0.717) is 24.8 Å². The molecule has 1 saturated carbocycles. The summed E-state index contributed by atoms with van der Waals surface area (Å²) in [6.45, 7) is 3.01. The highest BCUT2D eigenvalue weighted by molar-refractivity contribution is 6.06. The first-order valence-electron chi connectivity index (χ1n) is 9.75. The molecule has 1 saturated heterocycles. The van der Waals surface area contributed by atoms with Crippen LogP contribution in [0.25, 0.3) is 0 Å². The first-order chi connectivity index (χ1) is 13.5. The summed E-state index contributed by atoms with van der Waals surface area (Å²) in [7, 11) is 1.60. The predicted octanol–water partition coefficient (Wildman–Crippen LogP) is 0.0823. The van der Waals surface area contributed by atoms with Crippen LogP contribution >= 0.6 is 0 Å². The molecule has 1 aromatic rings. The van der Waals surface area contributed by atoms with E-state index in [4.69, 9.17) is 4.74 Å². The number of imide groups is 1. The summed E-state index contributed by atoms with van der Waals surface area (Å²) in [5, 5.41) is 13.5. The highest BCUT2D eigenvalue weighted by Crippen LogP contribution is 2.23. The largest absolute Gasteiger partial charge is 0.383 e. The van der Waals surface area contributed by atoms with Gasteiger partial charge in [-0.3, -0.25) is 14.5 Å². The Kier molecular flexibility index (Phi) is 6.61. The number of urea groups is 1. The van der Waals surface area contributed by atoms with Crippen LogP contribution < -0.4 is 10.6 Å². The fourth-order valence-electron chi connectivity index (χ4n) is 3.62. The van der Waals surface area contributed by atoms with Crippen LogP contribution in [0.5, 0.6) is 0 Å². The zero-order valence-electron chi connectivity index (χ0n) is 16.4. The van der Waals surface area contributed by atoms with Crippen LogP contribution in [0, 0.1) is 5.92 Å². The third-order valence-corrected chi connectivity index (χ3v) is 5.31. The lowest BCUT2D eigenvalue weighted by Gasteiger charge is -2.27. The molecule has 2 fully saturated rings. The second-order valence-electron chi connectivity index (χ2n) is 7.62. The van der Waals surface area contributed by atoms with Crippen molar-refractivity contribution in [1.29, 1.82) is 0 Å². The van der Waals surface area contributed by atoms with Crippen LogP contribution in [0.1, 0.15) is 38.3 Å². The number of nitrogens with zero attached hydrogens (tertiary/aromatic N) is 4. The number of nitrogens with one attached hydrogen (secondary N) is 2. The lowest BCUT2D eigenvalue weighted by molar-refractivity contribution is -0.132. The minimum absolute atomic E-state index is 0.127. The monoisotopic (exact) mass is 392 g/mol. The average molecular weight is 392 g/mol. The molecule has 154 valence electrons. The number of carbonyl (C=O) groups excluding carboxylic acids is 3. The minimum Gasteiger partial charge on any atom is -0.383 e. The van der Waals surface area contributed by atoms with E-state index in [2.05, 4.69) is 27.9 Å². The molecule has 4 amide bonds. The molecule has 1 aromatic heterocycles. The molecule has 2 aliphatic rings. The standard InChI is InChI=1S/C18H28N6O4/c1-12-3-5-13(6-4-12)19-16(25)11-24-17(26)15(20-18(24)27)9-14-10-23(22-21-14)7-8-28-2/h10,12-13,15H,3-9,11H2,1-2H3,(H,19,25)(H,20,27)/t12?,13?,15-/m0/s1. The molecule has 2 heterocycles. The number of carbonyl (C=O) groups is 3. The number of ether oxygens (including phenoxy) is 1. The van der Waals surface area contributed by atoms with Gasteiger partial charge in [0.25, 0.3) is 5.91 Å². The fraction of sp³-hybridized carbons (Fsp3) is 0.722. The van der Waals surface area contributed by atoms with Crippen molar-refractivity contribution in [2.45, 2.75) is 57.7 Å². The summed E-state index contributed by atoms with van der Waals surface area (Å²) < 4.78 is 6.61. The molecule has 0 unspecified atom stereocenters. The molecule has 10 heteroatoms. The highest BCUT2D eigenvalue weighted by atomic mass is 16.5. The fourth-order valence-corrected chi connectivity index (χ4v) is 3.62. The Hall–Kier alpha value is -2.49. The van der Waals surface area contributed by atoms with Crippen molar-refractivity contribution < 1.29 is 19.1 Å². The predicted molar refractivity (Wildman–Crippen MR) is 99.2 cm³/mol. The molecule has 2 N–H and O–H groups in total. The van der Waals surface area contributed by atoms with E-state index in [1.807, 2.05) is 0 Å². The normalized spacial score (nSPS) is 25.1. The van der Waals surface area contributed by atoms with Gasteiger partial charge in [-0.1, -0.05) is 12.1 Å². The first-order valence-corrected chi connectivity index (χ1v) is 9.75. The third-order valence-electron chi connectivity index (χ3n) is 5.31. The van der Waals surface area contributed by atoms with Gasteiger partial charge in [0.15, 0.2) is 0 Å². The van der Waals surface area contributed by atoms with Crippen molar-refractivity contribution in [2.24, 2.45) is 5.92 Å². The summed E-state index contributed by atoms with van der Waals surface area (Å²) >= 11 is 0. The number of methoxy groups -OCH3 is 1. The van der Waals surface area contributed by atoms with Crippen molar-refractivity contribution >= 4 is 17.8 Å². The van der Waals surface area contributed by atoms with Crippen molar-refractivity contribution in [3.05, 3.63) is 11.9 Å². The Morgan fingerprint density at radius 2 is 2.07 bits per heavy atom. The van der Waals surface area contributed by atoms with Crippen LogP contribution in [0.4, 0.5) is 4.79 Å². The molecule has 1 atom stereocenters.